The number of alkyl halides is 3. The van der Waals surface area contributed by atoms with Gasteiger partial charge in [-0.2, -0.15) is 13.2 Å². The molecule has 1 aromatic rings. The third-order valence-corrected chi connectivity index (χ3v) is 4.62. The number of nitrogens with one attached hydrogen (secondary N) is 1. The first-order chi connectivity index (χ1) is 10.7. The van der Waals surface area contributed by atoms with E-state index in [1.165, 1.54) is 11.0 Å². The van der Waals surface area contributed by atoms with Gasteiger partial charge < -0.3 is 16.0 Å². The maximum absolute atomic E-state index is 13.4. The van der Waals surface area contributed by atoms with E-state index in [9.17, 15) is 22.4 Å². The van der Waals surface area contributed by atoms with E-state index >= 15 is 0 Å². The number of nitrogens with two attached hydrogens (primary N) is 1. The van der Waals surface area contributed by atoms with Crippen molar-refractivity contribution in [2.75, 3.05) is 5.32 Å². The molecule has 0 aromatic heterocycles. The van der Waals surface area contributed by atoms with Crippen LogP contribution in [0.1, 0.15) is 6.42 Å². The van der Waals surface area contributed by atoms with Crippen LogP contribution in [-0.4, -0.2) is 28.6 Å². The number of amides is 2. The third kappa shape index (κ3) is 3.30. The summed E-state index contributed by atoms with van der Waals surface area (Å²) >= 11 is -0.562. The van der Waals surface area contributed by atoms with E-state index in [2.05, 4.69) is 5.32 Å². The average Bonchev–Trinajstić information content (AvgIpc) is 3.01. The molecule has 1 aliphatic carbocycles. The van der Waals surface area contributed by atoms with Crippen molar-refractivity contribution in [1.82, 2.24) is 4.90 Å². The predicted octanol–water partition coefficient (Wildman–Crippen LogP) is 3.51. The summed E-state index contributed by atoms with van der Waals surface area (Å²) in [6, 6.07) is 2.44. The van der Waals surface area contributed by atoms with Crippen LogP contribution in [-0.2, 0) is 0 Å². The summed E-state index contributed by atoms with van der Waals surface area (Å²) in [5.74, 6) is -0.902. The van der Waals surface area contributed by atoms with Gasteiger partial charge in [0.1, 0.15) is 5.82 Å². The molecular weight excluding hydrogens is 334 g/mol. The second kappa shape index (κ2) is 5.72. The fourth-order valence-corrected chi connectivity index (χ4v) is 3.45. The van der Waals surface area contributed by atoms with Crippen LogP contribution in [0.3, 0.4) is 0 Å². The first kappa shape index (κ1) is 16.1. The van der Waals surface area contributed by atoms with Crippen LogP contribution >= 0.6 is 11.8 Å². The van der Waals surface area contributed by atoms with Crippen LogP contribution in [0.4, 0.5) is 28.0 Å². The third-order valence-electron chi connectivity index (χ3n) is 3.85. The number of nitrogens with zero attached hydrogens (tertiary/aromatic N) is 1. The minimum atomic E-state index is -4.61. The second-order valence-electron chi connectivity index (χ2n) is 5.37. The summed E-state index contributed by atoms with van der Waals surface area (Å²) in [6.07, 6.45) is 4.11. The number of halogens is 4. The maximum Gasteiger partial charge on any atom is 0.446 e. The zero-order chi connectivity index (χ0) is 16.8. The molecule has 1 aliphatic heterocycles. The molecule has 2 aliphatic rings. The van der Waals surface area contributed by atoms with E-state index in [0.717, 1.165) is 18.6 Å². The molecule has 0 radical (unpaired) electrons. The molecule has 2 amide bonds. The number of carbonyl (C=O) groups is 1. The standard InChI is InChI=1S/C14H13F4N3OS/c15-10-4-2-8(6-11(10)23-14(16,17)18)20-13(22)21-9-3-1-7(5-9)12(21)19/h1-4,6-7,9,12H,5,19H2,(H,20,22). The highest BCUT2D eigenvalue weighted by molar-refractivity contribution is 8.00. The van der Waals surface area contributed by atoms with Crippen LogP contribution in [0.25, 0.3) is 0 Å². The van der Waals surface area contributed by atoms with Gasteiger partial charge in [0.2, 0.25) is 0 Å². The fourth-order valence-electron chi connectivity index (χ4n) is 2.85. The normalized spacial score (nSPS) is 26.0. The number of thioether (sulfide) groups is 1. The molecule has 1 saturated heterocycles. The molecule has 3 atom stereocenters. The van der Waals surface area contributed by atoms with Crippen molar-refractivity contribution in [2.45, 2.75) is 29.0 Å². The first-order valence-electron chi connectivity index (χ1n) is 6.83. The number of likely N-dealkylation sites (tertiary alicyclic amines) is 1. The Morgan fingerprint density at radius 1 is 1.35 bits per heavy atom. The SMILES string of the molecule is NC1C2C=CC(C2)N1C(=O)Nc1ccc(F)c(SC(F)(F)F)c1. The summed E-state index contributed by atoms with van der Waals surface area (Å²) in [6.45, 7) is 0. The van der Waals surface area contributed by atoms with E-state index in [4.69, 9.17) is 5.73 Å². The van der Waals surface area contributed by atoms with Crippen LogP contribution < -0.4 is 11.1 Å². The molecule has 1 heterocycles. The number of urea groups is 1. The molecule has 124 valence electrons. The molecule has 3 rings (SSSR count). The summed E-state index contributed by atoms with van der Waals surface area (Å²) in [4.78, 5) is 13.1. The number of hydrogen-bond acceptors (Lipinski definition) is 3. The molecule has 3 N–H and O–H groups in total. The van der Waals surface area contributed by atoms with Gasteiger partial charge >= 0.3 is 11.5 Å². The highest BCUT2D eigenvalue weighted by atomic mass is 32.2. The Labute approximate surface area is 133 Å². The van der Waals surface area contributed by atoms with Crippen molar-refractivity contribution in [3.05, 3.63) is 36.2 Å². The van der Waals surface area contributed by atoms with E-state index in [1.807, 2.05) is 12.2 Å². The zero-order valence-electron chi connectivity index (χ0n) is 11.7. The van der Waals surface area contributed by atoms with Gasteiger partial charge in [0.05, 0.1) is 17.1 Å². The van der Waals surface area contributed by atoms with Gasteiger partial charge in [-0.3, -0.25) is 0 Å². The Morgan fingerprint density at radius 3 is 2.70 bits per heavy atom. The van der Waals surface area contributed by atoms with Crippen molar-refractivity contribution in [3.63, 3.8) is 0 Å². The lowest BCUT2D eigenvalue weighted by molar-refractivity contribution is -0.0329. The molecule has 1 fully saturated rings. The first-order valence-corrected chi connectivity index (χ1v) is 7.65. The van der Waals surface area contributed by atoms with Crippen molar-refractivity contribution in [3.8, 4) is 0 Å². The number of rotatable bonds is 2. The van der Waals surface area contributed by atoms with Crippen LogP contribution in [0, 0.1) is 11.7 Å². The van der Waals surface area contributed by atoms with E-state index < -0.39 is 40.2 Å². The number of benzene rings is 1. The fraction of sp³-hybridized carbons (Fsp3) is 0.357. The second-order valence-corrected chi connectivity index (χ2v) is 6.48. The molecule has 0 saturated carbocycles. The minimum absolute atomic E-state index is 0.0853. The average molecular weight is 347 g/mol. The van der Waals surface area contributed by atoms with Gasteiger partial charge in [-0.05, 0) is 36.4 Å². The van der Waals surface area contributed by atoms with Crippen molar-refractivity contribution >= 4 is 23.5 Å². The van der Waals surface area contributed by atoms with Gasteiger partial charge in [0, 0.05) is 11.6 Å². The van der Waals surface area contributed by atoms with Gasteiger partial charge in [-0.1, -0.05) is 12.2 Å². The van der Waals surface area contributed by atoms with Gasteiger partial charge in [0.15, 0.2) is 0 Å². The van der Waals surface area contributed by atoms with Crippen LogP contribution in [0.5, 0.6) is 0 Å². The highest BCUT2D eigenvalue weighted by Gasteiger charge is 2.43. The Hall–Kier alpha value is -1.74. The topological polar surface area (TPSA) is 58.4 Å². The Balaban J connectivity index is 1.74. The van der Waals surface area contributed by atoms with Gasteiger partial charge in [0.25, 0.3) is 0 Å². The Morgan fingerprint density at radius 2 is 2.09 bits per heavy atom. The van der Waals surface area contributed by atoms with E-state index in [-0.39, 0.29) is 17.6 Å². The summed E-state index contributed by atoms with van der Waals surface area (Å²) in [5, 5.41) is 2.48. The van der Waals surface area contributed by atoms with Gasteiger partial charge in [-0.25, -0.2) is 9.18 Å². The maximum atomic E-state index is 13.4. The monoisotopic (exact) mass is 347 g/mol. The molecule has 4 nitrogen and oxygen atoms in total. The largest absolute Gasteiger partial charge is 0.446 e. The Bertz CT molecular complexity index is 664. The molecule has 3 unspecified atom stereocenters. The number of hydrogen-bond donors (Lipinski definition) is 2. The number of carbonyl (C=O) groups excluding carboxylic acids is 1. The van der Waals surface area contributed by atoms with Crippen LogP contribution in [0.15, 0.2) is 35.2 Å². The van der Waals surface area contributed by atoms with Crippen LogP contribution in [0.2, 0.25) is 0 Å². The highest BCUT2D eigenvalue weighted by Crippen LogP contribution is 2.39. The van der Waals surface area contributed by atoms with E-state index in [1.54, 1.807) is 0 Å². The van der Waals surface area contributed by atoms with Crippen molar-refractivity contribution < 1.29 is 22.4 Å². The summed E-state index contributed by atoms with van der Waals surface area (Å²) in [7, 11) is 0. The molecule has 9 heteroatoms. The molecule has 0 spiro atoms. The van der Waals surface area contributed by atoms with Crippen molar-refractivity contribution in [1.29, 1.82) is 0 Å². The lowest BCUT2D eigenvalue weighted by Crippen LogP contribution is -2.50. The zero-order valence-corrected chi connectivity index (χ0v) is 12.5. The molecule has 23 heavy (non-hydrogen) atoms. The molecular formula is C14H13F4N3OS. The molecule has 1 aromatic carbocycles. The lowest BCUT2D eigenvalue weighted by Gasteiger charge is -2.29. The molecule has 2 bridgehead atoms. The summed E-state index contributed by atoms with van der Waals surface area (Å²) < 4.78 is 50.6. The predicted molar refractivity (Wildman–Crippen MR) is 78.2 cm³/mol. The summed E-state index contributed by atoms with van der Waals surface area (Å²) in [5.41, 5.74) is 1.44. The smallest absolute Gasteiger partial charge is 0.311 e. The number of fused-ring (bicyclic) bond motifs is 2. The van der Waals surface area contributed by atoms with Crippen molar-refractivity contribution in [2.24, 2.45) is 11.7 Å². The number of anilines is 1. The van der Waals surface area contributed by atoms with E-state index in [0.29, 0.717) is 0 Å². The quantitative estimate of drug-likeness (QED) is 0.489. The Kier molecular flexibility index (Phi) is 4.01. The minimum Gasteiger partial charge on any atom is -0.311 e. The lowest BCUT2D eigenvalue weighted by atomic mass is 10.1. The van der Waals surface area contributed by atoms with Gasteiger partial charge in [-0.15, -0.1) is 0 Å².